The van der Waals surface area contributed by atoms with E-state index in [-0.39, 0.29) is 5.91 Å². The zero-order chi connectivity index (χ0) is 13.4. The van der Waals surface area contributed by atoms with Crippen molar-refractivity contribution >= 4 is 11.6 Å². The van der Waals surface area contributed by atoms with Crippen molar-refractivity contribution in [1.82, 2.24) is 14.3 Å². The molecule has 19 heavy (non-hydrogen) atoms. The van der Waals surface area contributed by atoms with Gasteiger partial charge in [0.1, 0.15) is 11.3 Å². The van der Waals surface area contributed by atoms with Crippen LogP contribution in [0, 0.1) is 12.8 Å². The van der Waals surface area contributed by atoms with E-state index in [0.29, 0.717) is 11.6 Å². The maximum absolute atomic E-state index is 12.4. The van der Waals surface area contributed by atoms with Gasteiger partial charge in [-0.3, -0.25) is 4.79 Å². The van der Waals surface area contributed by atoms with Gasteiger partial charge in [-0.2, -0.15) is 0 Å². The first-order valence-electron chi connectivity index (χ1n) is 6.88. The van der Waals surface area contributed by atoms with Crippen LogP contribution in [0.2, 0.25) is 0 Å². The average Bonchev–Trinajstić information content (AvgIpc) is 2.80. The van der Waals surface area contributed by atoms with E-state index in [2.05, 4.69) is 11.9 Å². The van der Waals surface area contributed by atoms with Gasteiger partial charge in [-0.25, -0.2) is 4.98 Å². The van der Waals surface area contributed by atoms with Crippen molar-refractivity contribution < 1.29 is 4.79 Å². The van der Waals surface area contributed by atoms with Crippen LogP contribution in [0.15, 0.2) is 24.5 Å². The normalized spacial score (nSPS) is 19.9. The van der Waals surface area contributed by atoms with Gasteiger partial charge in [-0.05, 0) is 43.4 Å². The summed E-state index contributed by atoms with van der Waals surface area (Å²) in [4.78, 5) is 18.8. The van der Waals surface area contributed by atoms with E-state index >= 15 is 0 Å². The van der Waals surface area contributed by atoms with Crippen LogP contribution in [-0.2, 0) is 0 Å². The van der Waals surface area contributed by atoms with Crippen LogP contribution in [0.25, 0.3) is 5.65 Å². The van der Waals surface area contributed by atoms with Crippen molar-refractivity contribution in [3.05, 3.63) is 35.8 Å². The van der Waals surface area contributed by atoms with Crippen LogP contribution in [-0.4, -0.2) is 33.3 Å². The van der Waals surface area contributed by atoms with Crippen molar-refractivity contribution in [3.8, 4) is 0 Å². The fourth-order valence-corrected chi connectivity index (χ4v) is 2.72. The van der Waals surface area contributed by atoms with Gasteiger partial charge in [-0.15, -0.1) is 0 Å². The predicted octanol–water partition coefficient (Wildman–Crippen LogP) is 2.51. The van der Waals surface area contributed by atoms with Gasteiger partial charge in [0.2, 0.25) is 0 Å². The van der Waals surface area contributed by atoms with Gasteiger partial charge in [0.25, 0.3) is 5.91 Å². The first-order chi connectivity index (χ1) is 9.13. The molecule has 0 N–H and O–H groups in total. The molecule has 4 heteroatoms. The average molecular weight is 257 g/mol. The molecule has 1 fully saturated rings. The first kappa shape index (κ1) is 12.2. The summed E-state index contributed by atoms with van der Waals surface area (Å²) in [7, 11) is 0. The summed E-state index contributed by atoms with van der Waals surface area (Å²) in [6, 6.07) is 4.02. The van der Waals surface area contributed by atoms with E-state index < -0.39 is 0 Å². The van der Waals surface area contributed by atoms with Gasteiger partial charge >= 0.3 is 0 Å². The highest BCUT2D eigenvalue weighted by molar-refractivity contribution is 5.93. The lowest BCUT2D eigenvalue weighted by atomic mass is 10.0. The number of carbonyl (C=O) groups excluding carboxylic acids is 1. The number of imidazole rings is 1. The number of aromatic nitrogens is 2. The highest BCUT2D eigenvalue weighted by Gasteiger charge is 2.23. The molecule has 2 aromatic rings. The highest BCUT2D eigenvalue weighted by atomic mass is 16.2. The van der Waals surface area contributed by atoms with Gasteiger partial charge in [0.15, 0.2) is 0 Å². The monoisotopic (exact) mass is 257 g/mol. The number of fused-ring (bicyclic) bond motifs is 1. The highest BCUT2D eigenvalue weighted by Crippen LogP contribution is 2.18. The molecule has 0 saturated carbocycles. The summed E-state index contributed by atoms with van der Waals surface area (Å²) in [5.74, 6) is 0.657. The van der Waals surface area contributed by atoms with Gasteiger partial charge in [0.05, 0.1) is 0 Å². The third-order valence-electron chi connectivity index (χ3n) is 3.78. The minimum atomic E-state index is 0.0629. The Balaban J connectivity index is 1.88. The molecule has 0 spiro atoms. The van der Waals surface area contributed by atoms with E-state index in [0.717, 1.165) is 30.7 Å². The Hall–Kier alpha value is -1.84. The van der Waals surface area contributed by atoms with Crippen molar-refractivity contribution in [2.24, 2.45) is 5.92 Å². The maximum atomic E-state index is 12.4. The smallest absolute Gasteiger partial charge is 0.274 e. The summed E-state index contributed by atoms with van der Waals surface area (Å²) in [5, 5.41) is 0. The van der Waals surface area contributed by atoms with Crippen LogP contribution in [0.1, 0.15) is 35.8 Å². The van der Waals surface area contributed by atoms with Crippen LogP contribution < -0.4 is 0 Å². The van der Waals surface area contributed by atoms with E-state index in [1.165, 1.54) is 6.42 Å². The Kier molecular flexibility index (Phi) is 3.01. The van der Waals surface area contributed by atoms with Crippen molar-refractivity contribution in [2.75, 3.05) is 13.1 Å². The quantitative estimate of drug-likeness (QED) is 0.787. The topological polar surface area (TPSA) is 37.6 Å². The Bertz CT molecular complexity index is 617. The number of amides is 1. The Labute approximate surface area is 113 Å². The van der Waals surface area contributed by atoms with Crippen molar-refractivity contribution in [3.63, 3.8) is 0 Å². The summed E-state index contributed by atoms with van der Waals surface area (Å²) in [6.07, 6.45) is 6.09. The van der Waals surface area contributed by atoms with Crippen LogP contribution in [0.3, 0.4) is 0 Å². The number of carbonyl (C=O) groups is 1. The molecule has 0 radical (unpaired) electrons. The van der Waals surface area contributed by atoms with Gasteiger partial charge in [-0.1, -0.05) is 6.92 Å². The summed E-state index contributed by atoms with van der Waals surface area (Å²) in [6.45, 7) is 5.94. The van der Waals surface area contributed by atoms with E-state index in [9.17, 15) is 4.79 Å². The third kappa shape index (κ3) is 2.35. The van der Waals surface area contributed by atoms with Crippen LogP contribution >= 0.6 is 0 Å². The summed E-state index contributed by atoms with van der Waals surface area (Å²) < 4.78 is 1.91. The Morgan fingerprint density at radius 2 is 2.32 bits per heavy atom. The maximum Gasteiger partial charge on any atom is 0.274 e. The Morgan fingerprint density at radius 3 is 3.11 bits per heavy atom. The van der Waals surface area contributed by atoms with Crippen LogP contribution in [0.5, 0.6) is 0 Å². The van der Waals surface area contributed by atoms with Gasteiger partial charge in [0, 0.05) is 25.5 Å². The fraction of sp³-hybridized carbons (Fsp3) is 0.467. The number of nitrogens with zero attached hydrogens (tertiary/aromatic N) is 3. The number of piperidine rings is 1. The summed E-state index contributed by atoms with van der Waals surface area (Å²) in [5.41, 5.74) is 2.55. The van der Waals surface area contributed by atoms with Gasteiger partial charge < -0.3 is 9.30 Å². The molecule has 3 rings (SSSR count). The molecular weight excluding hydrogens is 238 g/mol. The predicted molar refractivity (Wildman–Crippen MR) is 74.2 cm³/mol. The van der Waals surface area contributed by atoms with E-state index in [4.69, 9.17) is 0 Å². The Morgan fingerprint density at radius 1 is 1.47 bits per heavy atom. The minimum absolute atomic E-state index is 0.0629. The zero-order valence-corrected chi connectivity index (χ0v) is 11.5. The first-order valence-corrected chi connectivity index (χ1v) is 6.88. The number of hydrogen-bond donors (Lipinski definition) is 0. The van der Waals surface area contributed by atoms with E-state index in [1.54, 1.807) is 0 Å². The second-order valence-electron chi connectivity index (χ2n) is 5.59. The lowest BCUT2D eigenvalue weighted by Crippen LogP contribution is -2.39. The number of aryl methyl sites for hydroxylation is 1. The number of pyridine rings is 1. The molecule has 4 nitrogen and oxygen atoms in total. The molecule has 1 aliphatic heterocycles. The molecule has 2 aromatic heterocycles. The molecule has 1 amide bonds. The molecule has 1 aliphatic rings. The minimum Gasteiger partial charge on any atom is -0.337 e. The molecule has 0 unspecified atom stereocenters. The molecule has 0 aliphatic carbocycles. The van der Waals surface area contributed by atoms with Crippen molar-refractivity contribution in [2.45, 2.75) is 26.7 Å². The number of likely N-dealkylation sites (tertiary alicyclic amines) is 1. The standard InChI is InChI=1S/C15H19N3O/c1-11-5-7-17-10-13(16-14(17)8-11)15(19)18-6-3-4-12(2)9-18/h5,7-8,10,12H,3-4,6,9H2,1-2H3/t12-/m1/s1. The second kappa shape index (κ2) is 4.68. The molecule has 3 heterocycles. The number of hydrogen-bond acceptors (Lipinski definition) is 2. The second-order valence-corrected chi connectivity index (χ2v) is 5.59. The third-order valence-corrected chi connectivity index (χ3v) is 3.78. The summed E-state index contributed by atoms with van der Waals surface area (Å²) >= 11 is 0. The lowest BCUT2D eigenvalue weighted by Gasteiger charge is -2.30. The molecular formula is C15H19N3O. The molecule has 0 bridgehead atoms. The lowest BCUT2D eigenvalue weighted by molar-refractivity contribution is 0.0678. The molecule has 100 valence electrons. The molecule has 0 aromatic carbocycles. The largest absolute Gasteiger partial charge is 0.337 e. The zero-order valence-electron chi connectivity index (χ0n) is 11.5. The molecule has 1 atom stereocenters. The number of rotatable bonds is 1. The van der Waals surface area contributed by atoms with Crippen LogP contribution in [0.4, 0.5) is 0 Å². The molecule has 1 saturated heterocycles. The fourth-order valence-electron chi connectivity index (χ4n) is 2.72. The van der Waals surface area contributed by atoms with E-state index in [1.807, 2.05) is 40.8 Å². The van der Waals surface area contributed by atoms with Crippen molar-refractivity contribution in [1.29, 1.82) is 0 Å². The SMILES string of the molecule is Cc1ccn2cc(C(=O)N3CCC[C@@H](C)C3)nc2c1.